The highest BCUT2D eigenvalue weighted by atomic mass is 16.4. The van der Waals surface area contributed by atoms with Crippen molar-refractivity contribution in [3.05, 3.63) is 17.5 Å². The van der Waals surface area contributed by atoms with Crippen molar-refractivity contribution in [1.82, 2.24) is 9.97 Å². The highest BCUT2D eigenvalue weighted by Gasteiger charge is 2.10. The number of nitrogens with one attached hydrogen (secondary N) is 1. The van der Waals surface area contributed by atoms with Crippen LogP contribution in [-0.2, 0) is 0 Å². The van der Waals surface area contributed by atoms with E-state index in [1.54, 1.807) is 13.8 Å². The Morgan fingerprint density at radius 3 is 2.80 bits per heavy atom. The summed E-state index contributed by atoms with van der Waals surface area (Å²) in [5.41, 5.74) is 0.474. The Morgan fingerprint density at radius 1 is 1.67 bits per heavy atom. The summed E-state index contributed by atoms with van der Waals surface area (Å²) >= 11 is 0. The Hall–Kier alpha value is -1.69. The van der Waals surface area contributed by atoms with Gasteiger partial charge in [-0.25, -0.2) is 14.8 Å². The molecule has 6 heteroatoms. The van der Waals surface area contributed by atoms with E-state index in [-0.39, 0.29) is 18.2 Å². The number of aliphatic hydroxyl groups excluding tert-OH is 1. The second kappa shape index (κ2) is 4.70. The summed E-state index contributed by atoms with van der Waals surface area (Å²) in [6.07, 6.45) is 1.25. The number of hydrogen-bond donors (Lipinski definition) is 3. The molecule has 1 heterocycles. The third kappa shape index (κ3) is 2.88. The quantitative estimate of drug-likeness (QED) is 0.662. The van der Waals surface area contributed by atoms with Crippen LogP contribution in [0.1, 0.15) is 23.0 Å². The van der Waals surface area contributed by atoms with Gasteiger partial charge in [0.05, 0.1) is 17.9 Å². The van der Waals surface area contributed by atoms with Gasteiger partial charge in [0, 0.05) is 12.2 Å². The maximum absolute atomic E-state index is 10.7. The van der Waals surface area contributed by atoms with Crippen molar-refractivity contribution in [1.29, 1.82) is 0 Å². The van der Waals surface area contributed by atoms with E-state index in [9.17, 15) is 4.79 Å². The zero-order chi connectivity index (χ0) is 11.4. The molecule has 0 bridgehead atoms. The second-order valence-corrected chi connectivity index (χ2v) is 3.23. The van der Waals surface area contributed by atoms with Crippen LogP contribution in [-0.4, -0.2) is 38.8 Å². The van der Waals surface area contributed by atoms with Crippen LogP contribution in [0.25, 0.3) is 0 Å². The van der Waals surface area contributed by atoms with Crippen molar-refractivity contribution >= 4 is 11.9 Å². The van der Waals surface area contributed by atoms with E-state index in [1.165, 1.54) is 6.20 Å². The number of anilines is 1. The minimum atomic E-state index is -1.05. The Morgan fingerprint density at radius 2 is 2.33 bits per heavy atom. The predicted octanol–water partition coefficient (Wildman–Crippen LogP) is 0.276. The van der Waals surface area contributed by atoms with Crippen LogP contribution < -0.4 is 5.32 Å². The summed E-state index contributed by atoms with van der Waals surface area (Å²) in [6.45, 7) is 3.33. The molecule has 3 N–H and O–H groups in total. The molecule has 1 unspecified atom stereocenters. The molecule has 0 radical (unpaired) electrons. The Balaban J connectivity index is 2.87. The van der Waals surface area contributed by atoms with E-state index in [1.807, 2.05) is 0 Å². The number of aryl methyl sites for hydroxylation is 1. The topological polar surface area (TPSA) is 95.3 Å². The number of aliphatic hydroxyl groups is 1. The molecule has 15 heavy (non-hydrogen) atoms. The molecule has 1 aromatic rings. The molecule has 82 valence electrons. The molecular weight excluding hydrogens is 198 g/mol. The predicted molar refractivity (Wildman–Crippen MR) is 53.9 cm³/mol. The smallest absolute Gasteiger partial charge is 0.339 e. The van der Waals surface area contributed by atoms with Crippen LogP contribution in [0.4, 0.5) is 5.95 Å². The van der Waals surface area contributed by atoms with Crippen LogP contribution in [0.3, 0.4) is 0 Å². The fourth-order valence-electron chi connectivity index (χ4n) is 1.01. The summed E-state index contributed by atoms with van der Waals surface area (Å²) in [7, 11) is 0. The molecule has 1 atom stereocenters. The van der Waals surface area contributed by atoms with Gasteiger partial charge in [-0.3, -0.25) is 0 Å². The SMILES string of the molecule is Cc1nc(NC(C)CO)ncc1C(=O)O. The lowest BCUT2D eigenvalue weighted by molar-refractivity contribution is 0.0695. The molecular formula is C9H13N3O3. The zero-order valence-electron chi connectivity index (χ0n) is 8.56. The van der Waals surface area contributed by atoms with Gasteiger partial charge in [0.25, 0.3) is 0 Å². The first-order valence-corrected chi connectivity index (χ1v) is 4.49. The van der Waals surface area contributed by atoms with Gasteiger partial charge in [0.1, 0.15) is 0 Å². The number of carboxylic acids is 1. The normalized spacial score (nSPS) is 12.2. The van der Waals surface area contributed by atoms with Gasteiger partial charge in [-0.15, -0.1) is 0 Å². The number of nitrogens with zero attached hydrogens (tertiary/aromatic N) is 2. The highest BCUT2D eigenvalue weighted by molar-refractivity contribution is 5.88. The number of hydrogen-bond acceptors (Lipinski definition) is 5. The second-order valence-electron chi connectivity index (χ2n) is 3.23. The summed E-state index contributed by atoms with van der Waals surface area (Å²) in [5.74, 6) is -0.728. The number of rotatable bonds is 4. The van der Waals surface area contributed by atoms with E-state index in [0.29, 0.717) is 11.6 Å². The number of carboxylic acid groups (broad SMARTS) is 1. The van der Waals surface area contributed by atoms with Crippen LogP contribution in [0, 0.1) is 6.92 Å². The molecule has 0 aliphatic rings. The standard InChI is InChI=1S/C9H13N3O3/c1-5(4-13)11-9-10-3-7(8(14)15)6(2)12-9/h3,5,13H,4H2,1-2H3,(H,14,15)(H,10,11,12). The van der Waals surface area contributed by atoms with E-state index in [0.717, 1.165) is 0 Å². The van der Waals surface area contributed by atoms with Gasteiger partial charge in [-0.2, -0.15) is 0 Å². The largest absolute Gasteiger partial charge is 0.478 e. The van der Waals surface area contributed by atoms with E-state index in [4.69, 9.17) is 10.2 Å². The van der Waals surface area contributed by atoms with Crippen molar-refractivity contribution < 1.29 is 15.0 Å². The van der Waals surface area contributed by atoms with Crippen LogP contribution in [0.15, 0.2) is 6.20 Å². The first-order valence-electron chi connectivity index (χ1n) is 4.49. The minimum Gasteiger partial charge on any atom is -0.478 e. The monoisotopic (exact) mass is 211 g/mol. The lowest BCUT2D eigenvalue weighted by Crippen LogP contribution is -2.21. The summed E-state index contributed by atoms with van der Waals surface area (Å²) in [5, 5.41) is 20.4. The molecule has 0 aliphatic carbocycles. The van der Waals surface area contributed by atoms with Crippen LogP contribution in [0.5, 0.6) is 0 Å². The van der Waals surface area contributed by atoms with Gasteiger partial charge in [0.15, 0.2) is 0 Å². The van der Waals surface area contributed by atoms with Gasteiger partial charge in [-0.1, -0.05) is 0 Å². The molecule has 6 nitrogen and oxygen atoms in total. The molecule has 0 amide bonds. The number of aromatic carboxylic acids is 1. The van der Waals surface area contributed by atoms with Gasteiger partial charge >= 0.3 is 5.97 Å². The van der Waals surface area contributed by atoms with E-state index >= 15 is 0 Å². The highest BCUT2D eigenvalue weighted by Crippen LogP contribution is 2.07. The fraction of sp³-hybridized carbons (Fsp3) is 0.444. The zero-order valence-corrected chi connectivity index (χ0v) is 8.56. The van der Waals surface area contributed by atoms with Gasteiger partial charge < -0.3 is 15.5 Å². The first kappa shape index (κ1) is 11.4. The third-order valence-electron chi connectivity index (χ3n) is 1.86. The first-order chi connectivity index (χ1) is 7.04. The molecule has 0 aromatic carbocycles. The van der Waals surface area contributed by atoms with Crippen molar-refractivity contribution in [3.63, 3.8) is 0 Å². The fourth-order valence-corrected chi connectivity index (χ4v) is 1.01. The Labute approximate surface area is 87.0 Å². The number of aromatic nitrogens is 2. The Bertz CT molecular complexity index is 368. The maximum atomic E-state index is 10.7. The van der Waals surface area contributed by atoms with E-state index < -0.39 is 5.97 Å². The summed E-state index contributed by atoms with van der Waals surface area (Å²) < 4.78 is 0. The molecule has 0 saturated heterocycles. The van der Waals surface area contributed by atoms with Crippen molar-refractivity contribution in [2.45, 2.75) is 19.9 Å². The lowest BCUT2D eigenvalue weighted by Gasteiger charge is -2.11. The molecule has 1 rings (SSSR count). The van der Waals surface area contributed by atoms with Crippen molar-refractivity contribution in [2.24, 2.45) is 0 Å². The van der Waals surface area contributed by atoms with Gasteiger partial charge in [-0.05, 0) is 13.8 Å². The van der Waals surface area contributed by atoms with Crippen LogP contribution in [0.2, 0.25) is 0 Å². The number of carbonyl (C=O) groups is 1. The molecule has 0 saturated carbocycles. The lowest BCUT2D eigenvalue weighted by atomic mass is 10.2. The summed E-state index contributed by atoms with van der Waals surface area (Å²) in [4.78, 5) is 18.5. The third-order valence-corrected chi connectivity index (χ3v) is 1.86. The molecule has 0 fully saturated rings. The van der Waals surface area contributed by atoms with Crippen molar-refractivity contribution in [2.75, 3.05) is 11.9 Å². The molecule has 0 aliphatic heterocycles. The molecule has 0 spiro atoms. The van der Waals surface area contributed by atoms with Crippen molar-refractivity contribution in [3.8, 4) is 0 Å². The average molecular weight is 211 g/mol. The summed E-state index contributed by atoms with van der Waals surface area (Å²) in [6, 6.07) is -0.167. The minimum absolute atomic E-state index is 0.0386. The maximum Gasteiger partial charge on any atom is 0.339 e. The molecule has 1 aromatic heterocycles. The van der Waals surface area contributed by atoms with Crippen LogP contribution >= 0.6 is 0 Å². The average Bonchev–Trinajstić information content (AvgIpc) is 2.17. The Kier molecular flexibility index (Phi) is 3.56. The van der Waals surface area contributed by atoms with E-state index in [2.05, 4.69) is 15.3 Å². The van der Waals surface area contributed by atoms with Gasteiger partial charge in [0.2, 0.25) is 5.95 Å².